The number of rotatable bonds is 3. The Labute approximate surface area is 104 Å². The van der Waals surface area contributed by atoms with Crippen molar-refractivity contribution in [2.75, 3.05) is 6.61 Å². The standard InChI is InChI=1S/C14H14O2S/c15-13(8-10-4-3-7-16-10)12-9-17-14-6-2-1-5-11(12)14/h1-2,5-6,9-10H,3-4,7-8H2. The smallest absolute Gasteiger partial charge is 0.166 e. The third kappa shape index (κ3) is 2.13. The zero-order valence-electron chi connectivity index (χ0n) is 9.52. The van der Waals surface area contributed by atoms with Gasteiger partial charge in [0.25, 0.3) is 0 Å². The summed E-state index contributed by atoms with van der Waals surface area (Å²) in [5, 5.41) is 3.06. The maximum Gasteiger partial charge on any atom is 0.166 e. The number of ether oxygens (including phenoxy) is 1. The number of carbonyl (C=O) groups is 1. The van der Waals surface area contributed by atoms with Crippen LogP contribution in [0.3, 0.4) is 0 Å². The first-order valence-corrected chi connectivity index (χ1v) is 6.83. The van der Waals surface area contributed by atoms with E-state index in [0.29, 0.717) is 6.42 Å². The summed E-state index contributed by atoms with van der Waals surface area (Å²) in [6.45, 7) is 0.808. The van der Waals surface area contributed by atoms with Crippen LogP contribution in [0.15, 0.2) is 29.6 Å². The van der Waals surface area contributed by atoms with Crippen LogP contribution in [0.1, 0.15) is 29.6 Å². The second-order valence-electron chi connectivity index (χ2n) is 4.41. The second-order valence-corrected chi connectivity index (χ2v) is 5.32. The highest BCUT2D eigenvalue weighted by atomic mass is 32.1. The van der Waals surface area contributed by atoms with Crippen molar-refractivity contribution in [3.8, 4) is 0 Å². The van der Waals surface area contributed by atoms with Crippen molar-refractivity contribution >= 4 is 27.2 Å². The molecule has 0 N–H and O–H groups in total. The average molecular weight is 246 g/mol. The molecule has 1 unspecified atom stereocenters. The van der Waals surface area contributed by atoms with Crippen molar-refractivity contribution in [1.29, 1.82) is 0 Å². The summed E-state index contributed by atoms with van der Waals surface area (Å²) >= 11 is 1.64. The SMILES string of the molecule is O=C(CC1CCCO1)c1csc2ccccc12. The molecular formula is C14H14O2S. The van der Waals surface area contributed by atoms with Crippen LogP contribution in [-0.4, -0.2) is 18.5 Å². The van der Waals surface area contributed by atoms with Gasteiger partial charge in [0.2, 0.25) is 0 Å². The molecule has 0 spiro atoms. The van der Waals surface area contributed by atoms with Gasteiger partial charge in [-0.15, -0.1) is 11.3 Å². The predicted molar refractivity (Wildman–Crippen MR) is 69.7 cm³/mol. The third-order valence-corrected chi connectivity index (χ3v) is 4.18. The molecule has 1 atom stereocenters. The van der Waals surface area contributed by atoms with E-state index in [-0.39, 0.29) is 11.9 Å². The Morgan fingerprint density at radius 2 is 2.29 bits per heavy atom. The Morgan fingerprint density at radius 1 is 1.41 bits per heavy atom. The van der Waals surface area contributed by atoms with Crippen LogP contribution in [0.2, 0.25) is 0 Å². The number of thiophene rings is 1. The Hall–Kier alpha value is -1.19. The highest BCUT2D eigenvalue weighted by molar-refractivity contribution is 7.17. The molecule has 0 aliphatic carbocycles. The number of carbonyl (C=O) groups excluding carboxylic acids is 1. The van der Waals surface area contributed by atoms with Gasteiger partial charge in [0.05, 0.1) is 6.10 Å². The average Bonchev–Trinajstić information content (AvgIpc) is 2.96. The quantitative estimate of drug-likeness (QED) is 0.773. The zero-order chi connectivity index (χ0) is 11.7. The van der Waals surface area contributed by atoms with Gasteiger partial charge in [-0.2, -0.15) is 0 Å². The summed E-state index contributed by atoms with van der Waals surface area (Å²) in [5.41, 5.74) is 0.862. The van der Waals surface area contributed by atoms with Gasteiger partial charge >= 0.3 is 0 Å². The topological polar surface area (TPSA) is 26.3 Å². The Morgan fingerprint density at radius 3 is 3.12 bits per heavy atom. The first-order valence-electron chi connectivity index (χ1n) is 5.95. The van der Waals surface area contributed by atoms with E-state index < -0.39 is 0 Å². The molecule has 1 fully saturated rings. The lowest BCUT2D eigenvalue weighted by Crippen LogP contribution is -2.12. The molecule has 2 heterocycles. The lowest BCUT2D eigenvalue weighted by atomic mass is 10.0. The highest BCUT2D eigenvalue weighted by Gasteiger charge is 2.21. The van der Waals surface area contributed by atoms with Crippen molar-refractivity contribution in [2.45, 2.75) is 25.4 Å². The molecule has 1 aromatic carbocycles. The molecule has 3 rings (SSSR count). The third-order valence-electron chi connectivity index (χ3n) is 3.22. The molecule has 2 aromatic rings. The van der Waals surface area contributed by atoms with E-state index in [2.05, 4.69) is 6.07 Å². The van der Waals surface area contributed by atoms with Crippen molar-refractivity contribution in [2.24, 2.45) is 0 Å². The number of Topliss-reactive ketones (excluding diaryl/α,β-unsaturated/α-hetero) is 1. The van der Waals surface area contributed by atoms with Crippen LogP contribution in [0.5, 0.6) is 0 Å². The van der Waals surface area contributed by atoms with E-state index in [0.717, 1.165) is 30.4 Å². The van der Waals surface area contributed by atoms with E-state index in [4.69, 9.17) is 4.74 Å². The van der Waals surface area contributed by atoms with Gasteiger partial charge in [-0.05, 0) is 18.9 Å². The van der Waals surface area contributed by atoms with Crippen molar-refractivity contribution in [3.05, 3.63) is 35.2 Å². The van der Waals surface area contributed by atoms with E-state index in [1.54, 1.807) is 11.3 Å². The molecule has 0 saturated carbocycles. The molecule has 1 aromatic heterocycles. The summed E-state index contributed by atoms with van der Waals surface area (Å²) in [6.07, 6.45) is 2.78. The minimum atomic E-state index is 0.140. The van der Waals surface area contributed by atoms with E-state index in [1.165, 1.54) is 4.70 Å². The summed E-state index contributed by atoms with van der Waals surface area (Å²) in [7, 11) is 0. The fourth-order valence-corrected chi connectivity index (χ4v) is 3.28. The van der Waals surface area contributed by atoms with Crippen LogP contribution >= 0.6 is 11.3 Å². The van der Waals surface area contributed by atoms with E-state index in [9.17, 15) is 4.79 Å². The monoisotopic (exact) mass is 246 g/mol. The Balaban J connectivity index is 1.85. The molecule has 2 nitrogen and oxygen atoms in total. The molecular weight excluding hydrogens is 232 g/mol. The molecule has 1 aliphatic heterocycles. The minimum Gasteiger partial charge on any atom is -0.378 e. The number of fused-ring (bicyclic) bond motifs is 1. The normalized spacial score (nSPS) is 19.9. The van der Waals surface area contributed by atoms with Gasteiger partial charge in [0.1, 0.15) is 0 Å². The van der Waals surface area contributed by atoms with Crippen LogP contribution in [-0.2, 0) is 4.74 Å². The van der Waals surface area contributed by atoms with Crippen molar-refractivity contribution in [1.82, 2.24) is 0 Å². The first kappa shape index (κ1) is 10.9. The van der Waals surface area contributed by atoms with E-state index >= 15 is 0 Å². The van der Waals surface area contributed by atoms with Gasteiger partial charge in [0, 0.05) is 34.1 Å². The maximum atomic E-state index is 12.2. The first-order chi connectivity index (χ1) is 8.34. The zero-order valence-corrected chi connectivity index (χ0v) is 10.3. The summed E-state index contributed by atoms with van der Waals surface area (Å²) in [6, 6.07) is 8.07. The van der Waals surface area contributed by atoms with Crippen molar-refractivity contribution < 1.29 is 9.53 Å². The fraction of sp³-hybridized carbons (Fsp3) is 0.357. The largest absolute Gasteiger partial charge is 0.378 e. The number of hydrogen-bond donors (Lipinski definition) is 0. The molecule has 1 aliphatic rings. The summed E-state index contributed by atoms with van der Waals surface area (Å²) < 4.78 is 6.70. The maximum absolute atomic E-state index is 12.2. The molecule has 0 amide bonds. The van der Waals surface area contributed by atoms with Crippen LogP contribution < -0.4 is 0 Å². The minimum absolute atomic E-state index is 0.140. The summed E-state index contributed by atoms with van der Waals surface area (Å²) in [4.78, 5) is 12.2. The second kappa shape index (κ2) is 4.59. The van der Waals surface area contributed by atoms with Gasteiger partial charge < -0.3 is 4.74 Å². The van der Waals surface area contributed by atoms with Crippen LogP contribution in [0.25, 0.3) is 10.1 Å². The van der Waals surface area contributed by atoms with Crippen molar-refractivity contribution in [3.63, 3.8) is 0 Å². The van der Waals surface area contributed by atoms with E-state index in [1.807, 2.05) is 23.6 Å². The van der Waals surface area contributed by atoms with Gasteiger partial charge in [-0.3, -0.25) is 4.79 Å². The van der Waals surface area contributed by atoms with Crippen LogP contribution in [0.4, 0.5) is 0 Å². The fourth-order valence-electron chi connectivity index (χ4n) is 2.32. The van der Waals surface area contributed by atoms with Gasteiger partial charge in [0.15, 0.2) is 5.78 Å². The molecule has 0 bridgehead atoms. The predicted octanol–water partition coefficient (Wildman–Crippen LogP) is 3.65. The Bertz CT molecular complexity index is 538. The Kier molecular flexibility index (Phi) is 2.95. The lowest BCUT2D eigenvalue weighted by molar-refractivity contribution is 0.0777. The van der Waals surface area contributed by atoms with Crippen LogP contribution in [0, 0.1) is 0 Å². The van der Waals surface area contributed by atoms with Gasteiger partial charge in [-0.25, -0.2) is 0 Å². The molecule has 17 heavy (non-hydrogen) atoms. The highest BCUT2D eigenvalue weighted by Crippen LogP contribution is 2.28. The molecule has 1 saturated heterocycles. The number of ketones is 1. The molecule has 3 heteroatoms. The number of benzene rings is 1. The van der Waals surface area contributed by atoms with Gasteiger partial charge in [-0.1, -0.05) is 18.2 Å². The summed E-state index contributed by atoms with van der Waals surface area (Å²) in [5.74, 6) is 0.217. The molecule has 88 valence electrons. The molecule has 0 radical (unpaired) electrons. The lowest BCUT2D eigenvalue weighted by Gasteiger charge is -2.07. The number of hydrogen-bond acceptors (Lipinski definition) is 3.